The fourth-order valence-corrected chi connectivity index (χ4v) is 6.84. The molecule has 0 aliphatic heterocycles. The maximum Gasteiger partial charge on any atom is 0.416 e. The summed E-state index contributed by atoms with van der Waals surface area (Å²) in [7, 11) is -3.55. The summed E-state index contributed by atoms with van der Waals surface area (Å²) >= 11 is 0. The summed E-state index contributed by atoms with van der Waals surface area (Å²) in [4.78, 5) is 19.5. The van der Waals surface area contributed by atoms with Crippen LogP contribution in [0.25, 0.3) is 0 Å². The highest BCUT2D eigenvalue weighted by atomic mass is 35.5. The number of anilines is 1. The summed E-state index contributed by atoms with van der Waals surface area (Å²) in [5.41, 5.74) is -4.04. The van der Waals surface area contributed by atoms with Crippen LogP contribution in [-0.4, -0.2) is 54.6 Å². The quantitative estimate of drug-likeness (QED) is 0.128. The Morgan fingerprint density at radius 2 is 1.46 bits per heavy atom. The Balaban J connectivity index is 0.00000841. The van der Waals surface area contributed by atoms with Gasteiger partial charge in [-0.25, -0.2) is 18.4 Å². The van der Waals surface area contributed by atoms with Gasteiger partial charge in [0.2, 0.25) is 5.95 Å². The molecule has 1 aliphatic carbocycles. The number of halogens is 10. The first kappa shape index (κ1) is 46.5. The van der Waals surface area contributed by atoms with Gasteiger partial charge in [-0.05, 0) is 98.0 Å². The van der Waals surface area contributed by atoms with Crippen molar-refractivity contribution in [3.63, 3.8) is 0 Å². The van der Waals surface area contributed by atoms with Crippen molar-refractivity contribution in [3.05, 3.63) is 81.7 Å². The predicted octanol–water partition coefficient (Wildman–Crippen LogP) is 9.07. The number of sulfone groups is 1. The Morgan fingerprint density at radius 3 is 2.00 bits per heavy atom. The molecular weight excluding hydrogens is 807 g/mol. The zero-order chi connectivity index (χ0) is 40.9. The van der Waals surface area contributed by atoms with Gasteiger partial charge < -0.3 is 20.5 Å². The molecule has 312 valence electrons. The molecule has 3 aromatic rings. The second-order valence-electron chi connectivity index (χ2n) is 13.9. The smallest absolute Gasteiger partial charge is 0.416 e. The van der Waals surface area contributed by atoms with Crippen LogP contribution in [0.3, 0.4) is 0 Å². The summed E-state index contributed by atoms with van der Waals surface area (Å²) in [6.07, 6.45) is -9.80. The fourth-order valence-electron chi connectivity index (χ4n) is 6.45. The summed E-state index contributed by atoms with van der Waals surface area (Å²) < 4.78 is 153. The normalized spacial score (nSPS) is 17.8. The van der Waals surface area contributed by atoms with Crippen LogP contribution >= 0.6 is 12.4 Å². The van der Waals surface area contributed by atoms with E-state index < -0.39 is 80.9 Å². The lowest BCUT2D eigenvalue weighted by molar-refractivity contribution is -0.143. The van der Waals surface area contributed by atoms with Gasteiger partial charge in [0.1, 0.15) is 6.61 Å². The molecule has 1 aromatic heterocycles. The van der Waals surface area contributed by atoms with E-state index in [0.29, 0.717) is 24.2 Å². The summed E-state index contributed by atoms with van der Waals surface area (Å²) in [5.74, 6) is -2.80. The number of carboxylic acid groups (broad SMARTS) is 1. The van der Waals surface area contributed by atoms with E-state index in [0.717, 1.165) is 50.3 Å². The van der Waals surface area contributed by atoms with Crippen molar-refractivity contribution < 1.29 is 62.6 Å². The number of alkyl halides is 9. The summed E-state index contributed by atoms with van der Waals surface area (Å²) in [5, 5.41) is 15.2. The zero-order valence-electron chi connectivity index (χ0n) is 30.4. The second-order valence-corrected chi connectivity index (χ2v) is 16.1. The highest BCUT2D eigenvalue weighted by Gasteiger charge is 2.38. The number of hydrogen-bond donors (Lipinski definition) is 3. The van der Waals surface area contributed by atoms with E-state index in [1.165, 1.54) is 13.0 Å². The summed E-state index contributed by atoms with van der Waals surface area (Å²) in [6, 6.07) is 3.81. The maximum absolute atomic E-state index is 13.8. The van der Waals surface area contributed by atoms with E-state index >= 15 is 0 Å². The monoisotopic (exact) mass is 848 g/mol. The minimum atomic E-state index is -5.14. The molecule has 9 nitrogen and oxygen atoms in total. The number of rotatable bonds is 15. The Hall–Kier alpha value is -3.84. The SMILES string of the molecule is C[C@@H](c1cc(C(F)(F)F)cc(C(F)(F)F)c1)c1nc(NCc2cc(C(F)(F)F)ccc2[C@H](C)NCC2CCC(CC(=O)O)CC2)ncc1OCCS(C)(=O)=O.Cl. The lowest BCUT2D eigenvalue weighted by Gasteiger charge is -2.29. The molecular formula is C36H42ClF9N4O5S. The average Bonchev–Trinajstić information content (AvgIpc) is 3.08. The summed E-state index contributed by atoms with van der Waals surface area (Å²) in [6.45, 7) is 2.84. The standard InChI is InChI=1S/C36H41F9N4O5S.ClH/c1-20(24-13-27(35(40,41)42)16-28(14-24)36(43,44)45)32-30(54-10-11-55(3,52)53)19-48-33(49-32)47-18-25-15-26(34(37,38)39)8-9-29(25)21(2)46-17-23-6-4-22(5-7-23)12-31(50)51;/h8-9,13-16,19-23,46H,4-7,10-12,17-18H2,1-3H3,(H,50,51)(H,47,48,49);1H/t20-,21-,22?,23?;/m0./s1. The number of ether oxygens (including phenoxy) is 1. The van der Waals surface area contributed by atoms with E-state index in [1.54, 1.807) is 6.92 Å². The molecule has 0 spiro atoms. The molecule has 0 saturated heterocycles. The van der Waals surface area contributed by atoms with Gasteiger partial charge in [0.15, 0.2) is 15.6 Å². The number of hydrogen-bond acceptors (Lipinski definition) is 8. The van der Waals surface area contributed by atoms with Gasteiger partial charge in [-0.3, -0.25) is 4.79 Å². The van der Waals surface area contributed by atoms with Gasteiger partial charge in [-0.2, -0.15) is 39.5 Å². The minimum absolute atomic E-state index is 0. The van der Waals surface area contributed by atoms with Crippen molar-refractivity contribution in [3.8, 4) is 5.75 Å². The number of nitrogens with zero attached hydrogens (tertiary/aromatic N) is 2. The molecule has 2 atom stereocenters. The average molecular weight is 849 g/mol. The number of aliphatic carboxylic acids is 1. The minimum Gasteiger partial charge on any atom is -0.489 e. The predicted molar refractivity (Wildman–Crippen MR) is 191 cm³/mol. The first-order valence-electron chi connectivity index (χ1n) is 17.3. The number of carboxylic acids is 1. The number of nitrogens with one attached hydrogen (secondary N) is 2. The van der Waals surface area contributed by atoms with E-state index in [-0.39, 0.29) is 66.2 Å². The third-order valence-corrected chi connectivity index (χ3v) is 10.4. The second kappa shape index (κ2) is 18.6. The Bertz CT molecular complexity index is 1890. The van der Waals surface area contributed by atoms with Crippen LogP contribution in [-0.2, 0) is 39.7 Å². The van der Waals surface area contributed by atoms with Crippen molar-refractivity contribution in [1.29, 1.82) is 0 Å². The fraction of sp³-hybridized carbons (Fsp3) is 0.528. The van der Waals surface area contributed by atoms with E-state index in [9.17, 15) is 52.7 Å². The van der Waals surface area contributed by atoms with Crippen LogP contribution in [0.5, 0.6) is 5.75 Å². The van der Waals surface area contributed by atoms with Crippen molar-refractivity contribution in [2.24, 2.45) is 11.8 Å². The molecule has 20 heteroatoms. The van der Waals surface area contributed by atoms with Crippen LogP contribution in [0.2, 0.25) is 0 Å². The van der Waals surface area contributed by atoms with E-state index in [2.05, 4.69) is 20.6 Å². The molecule has 56 heavy (non-hydrogen) atoms. The van der Waals surface area contributed by atoms with Gasteiger partial charge in [0, 0.05) is 31.2 Å². The van der Waals surface area contributed by atoms with E-state index in [1.807, 2.05) is 0 Å². The molecule has 3 N–H and O–H groups in total. The number of benzene rings is 2. The largest absolute Gasteiger partial charge is 0.489 e. The van der Waals surface area contributed by atoms with Gasteiger partial charge in [-0.15, -0.1) is 12.4 Å². The molecule has 0 unspecified atom stereocenters. The third kappa shape index (κ3) is 13.4. The highest BCUT2D eigenvalue weighted by Crippen LogP contribution is 2.40. The lowest BCUT2D eigenvalue weighted by Crippen LogP contribution is -2.29. The van der Waals surface area contributed by atoms with Crippen molar-refractivity contribution in [2.75, 3.05) is 30.5 Å². The van der Waals surface area contributed by atoms with Crippen molar-refractivity contribution in [2.45, 2.75) is 83.0 Å². The molecule has 1 saturated carbocycles. The van der Waals surface area contributed by atoms with Crippen LogP contribution < -0.4 is 15.4 Å². The van der Waals surface area contributed by atoms with Crippen molar-refractivity contribution in [1.82, 2.24) is 15.3 Å². The maximum atomic E-state index is 13.8. The molecule has 0 bridgehead atoms. The van der Waals surface area contributed by atoms with Gasteiger partial charge in [-0.1, -0.05) is 13.0 Å². The van der Waals surface area contributed by atoms with Crippen LogP contribution in [0, 0.1) is 11.8 Å². The number of carbonyl (C=O) groups is 1. The first-order chi connectivity index (χ1) is 25.4. The molecule has 1 heterocycles. The zero-order valence-corrected chi connectivity index (χ0v) is 32.0. The van der Waals surface area contributed by atoms with Crippen LogP contribution in [0.1, 0.15) is 97.0 Å². The Kier molecular flexibility index (Phi) is 15.5. The first-order valence-corrected chi connectivity index (χ1v) is 19.3. The Labute approximate surface area is 324 Å². The van der Waals surface area contributed by atoms with Crippen LogP contribution in [0.15, 0.2) is 42.6 Å². The molecule has 4 rings (SSSR count). The third-order valence-electron chi connectivity index (χ3n) is 9.53. The molecule has 0 radical (unpaired) electrons. The van der Waals surface area contributed by atoms with E-state index in [4.69, 9.17) is 9.84 Å². The van der Waals surface area contributed by atoms with Crippen molar-refractivity contribution >= 4 is 34.2 Å². The lowest BCUT2D eigenvalue weighted by atomic mass is 9.80. The molecule has 2 aromatic carbocycles. The highest BCUT2D eigenvalue weighted by molar-refractivity contribution is 7.90. The van der Waals surface area contributed by atoms with Crippen LogP contribution in [0.4, 0.5) is 45.5 Å². The molecule has 1 fully saturated rings. The van der Waals surface area contributed by atoms with Gasteiger partial charge in [0.05, 0.1) is 34.3 Å². The van der Waals surface area contributed by atoms with Gasteiger partial charge in [0.25, 0.3) is 0 Å². The van der Waals surface area contributed by atoms with Gasteiger partial charge >= 0.3 is 24.5 Å². The molecule has 1 aliphatic rings. The number of aromatic nitrogens is 2. The topological polar surface area (TPSA) is 131 Å². The Morgan fingerprint density at radius 1 is 0.893 bits per heavy atom. The molecule has 0 amide bonds.